The molecule has 0 radical (unpaired) electrons. The molecule has 20 heavy (non-hydrogen) atoms. The van der Waals surface area contributed by atoms with Gasteiger partial charge in [0.05, 0.1) is 5.52 Å². The molecule has 3 heteroatoms. The second-order valence-electron chi connectivity index (χ2n) is 5.82. The molecule has 1 heterocycles. The first kappa shape index (κ1) is 14.9. The van der Waals surface area contributed by atoms with Crippen LogP contribution < -0.4 is 0 Å². The number of para-hydroxylation sites is 1. The number of hydrogen-bond acceptors (Lipinski definition) is 3. The molecule has 2 aromatic rings. The van der Waals surface area contributed by atoms with Gasteiger partial charge in [-0.3, -0.25) is 4.98 Å². The Hall–Kier alpha value is -1.45. The minimum Gasteiger partial charge on any atom is -0.396 e. The first-order valence-electron chi connectivity index (χ1n) is 7.23. The Morgan fingerprint density at radius 2 is 1.75 bits per heavy atom. The highest BCUT2D eigenvalue weighted by molar-refractivity contribution is 5.82. The zero-order chi connectivity index (χ0) is 14.5. The van der Waals surface area contributed by atoms with E-state index in [9.17, 15) is 10.2 Å². The van der Waals surface area contributed by atoms with E-state index in [4.69, 9.17) is 0 Å². The maximum atomic E-state index is 9.23. The van der Waals surface area contributed by atoms with E-state index >= 15 is 0 Å². The molecule has 0 saturated heterocycles. The molecule has 0 fully saturated rings. The smallest absolute Gasteiger partial charge is 0.0708 e. The minimum absolute atomic E-state index is 0.00940. The zero-order valence-corrected chi connectivity index (χ0v) is 12.2. The van der Waals surface area contributed by atoms with Crippen molar-refractivity contribution in [3.8, 4) is 0 Å². The number of hydrogen-bond donors (Lipinski definition) is 2. The molecular weight excluding hydrogens is 250 g/mol. The quantitative estimate of drug-likeness (QED) is 0.850. The number of pyridine rings is 1. The monoisotopic (exact) mass is 273 g/mol. The van der Waals surface area contributed by atoms with Gasteiger partial charge in [-0.2, -0.15) is 0 Å². The number of rotatable bonds is 6. The van der Waals surface area contributed by atoms with Crippen LogP contribution in [-0.2, 0) is 12.8 Å². The third kappa shape index (κ3) is 3.56. The van der Waals surface area contributed by atoms with Gasteiger partial charge in [-0.25, -0.2) is 0 Å². The first-order chi connectivity index (χ1) is 9.63. The van der Waals surface area contributed by atoms with Crippen molar-refractivity contribution in [2.45, 2.75) is 26.7 Å². The summed E-state index contributed by atoms with van der Waals surface area (Å²) in [6.07, 6.45) is 1.63. The van der Waals surface area contributed by atoms with E-state index in [1.54, 1.807) is 0 Å². The van der Waals surface area contributed by atoms with Gasteiger partial charge in [0.2, 0.25) is 0 Å². The van der Waals surface area contributed by atoms with E-state index in [1.807, 2.05) is 18.2 Å². The maximum absolute atomic E-state index is 9.23. The molecule has 0 saturated carbocycles. The summed E-state index contributed by atoms with van der Waals surface area (Å²) in [6, 6.07) is 10.3. The Balaban J connectivity index is 2.41. The van der Waals surface area contributed by atoms with Crippen LogP contribution in [0, 0.1) is 11.8 Å². The summed E-state index contributed by atoms with van der Waals surface area (Å²) in [5, 5.41) is 19.7. The maximum Gasteiger partial charge on any atom is 0.0708 e. The van der Waals surface area contributed by atoms with Crippen LogP contribution in [0.5, 0.6) is 0 Å². The predicted molar refractivity (Wildman–Crippen MR) is 81.7 cm³/mol. The average Bonchev–Trinajstić information content (AvgIpc) is 2.44. The van der Waals surface area contributed by atoms with Gasteiger partial charge in [0.1, 0.15) is 0 Å². The van der Waals surface area contributed by atoms with E-state index < -0.39 is 0 Å². The van der Waals surface area contributed by atoms with E-state index in [-0.39, 0.29) is 19.1 Å². The first-order valence-corrected chi connectivity index (χ1v) is 7.23. The SMILES string of the molecule is CC(C)Cc1cc(CC(CO)CO)nc2ccccc12. The summed E-state index contributed by atoms with van der Waals surface area (Å²) < 4.78 is 0. The van der Waals surface area contributed by atoms with E-state index in [0.717, 1.165) is 17.6 Å². The van der Waals surface area contributed by atoms with Crippen LogP contribution in [0.3, 0.4) is 0 Å². The molecule has 0 unspecified atom stereocenters. The van der Waals surface area contributed by atoms with Crippen LogP contribution in [0.25, 0.3) is 10.9 Å². The lowest BCUT2D eigenvalue weighted by molar-refractivity contribution is 0.149. The number of aliphatic hydroxyl groups is 2. The Bertz CT molecular complexity index is 562. The lowest BCUT2D eigenvalue weighted by atomic mass is 9.96. The Morgan fingerprint density at radius 1 is 1.05 bits per heavy atom. The number of nitrogens with zero attached hydrogens (tertiary/aromatic N) is 1. The lowest BCUT2D eigenvalue weighted by Crippen LogP contribution is -2.15. The highest BCUT2D eigenvalue weighted by atomic mass is 16.3. The summed E-state index contributed by atoms with van der Waals surface area (Å²) in [7, 11) is 0. The van der Waals surface area contributed by atoms with Crippen LogP contribution in [0.1, 0.15) is 25.1 Å². The average molecular weight is 273 g/mol. The molecule has 2 rings (SSSR count). The van der Waals surface area contributed by atoms with Crippen molar-refractivity contribution in [1.29, 1.82) is 0 Å². The molecule has 0 atom stereocenters. The second kappa shape index (κ2) is 6.82. The van der Waals surface area contributed by atoms with Crippen LogP contribution >= 0.6 is 0 Å². The molecule has 0 amide bonds. The molecule has 1 aromatic carbocycles. The van der Waals surface area contributed by atoms with Crippen molar-refractivity contribution in [2.75, 3.05) is 13.2 Å². The summed E-state index contributed by atoms with van der Waals surface area (Å²) in [4.78, 5) is 4.66. The van der Waals surface area contributed by atoms with Crippen molar-refractivity contribution >= 4 is 10.9 Å². The molecule has 0 aliphatic rings. The van der Waals surface area contributed by atoms with Crippen molar-refractivity contribution in [2.24, 2.45) is 11.8 Å². The summed E-state index contributed by atoms with van der Waals surface area (Å²) in [5.41, 5.74) is 3.25. The number of fused-ring (bicyclic) bond motifs is 1. The fourth-order valence-electron chi connectivity index (χ4n) is 2.50. The van der Waals surface area contributed by atoms with Gasteiger partial charge in [-0.1, -0.05) is 32.0 Å². The standard InChI is InChI=1S/C17H23NO2/c1-12(2)7-14-9-15(8-13(10-19)11-20)18-17-6-4-3-5-16(14)17/h3-6,9,12-13,19-20H,7-8,10-11H2,1-2H3. The van der Waals surface area contributed by atoms with Crippen molar-refractivity contribution < 1.29 is 10.2 Å². The van der Waals surface area contributed by atoms with E-state index in [2.05, 4.69) is 31.0 Å². The van der Waals surface area contributed by atoms with E-state index in [0.29, 0.717) is 12.3 Å². The number of aliphatic hydroxyl groups excluding tert-OH is 2. The lowest BCUT2D eigenvalue weighted by Gasteiger charge is -2.14. The Labute approximate surface area is 120 Å². The van der Waals surface area contributed by atoms with Gasteiger partial charge in [0.25, 0.3) is 0 Å². The van der Waals surface area contributed by atoms with Gasteiger partial charge in [0.15, 0.2) is 0 Å². The molecule has 3 nitrogen and oxygen atoms in total. The topological polar surface area (TPSA) is 53.4 Å². The normalized spacial score (nSPS) is 11.7. The Morgan fingerprint density at radius 3 is 2.40 bits per heavy atom. The summed E-state index contributed by atoms with van der Waals surface area (Å²) in [5.74, 6) is 0.454. The fourth-order valence-corrected chi connectivity index (χ4v) is 2.50. The molecule has 0 aliphatic heterocycles. The Kier molecular flexibility index (Phi) is 5.10. The van der Waals surface area contributed by atoms with Crippen molar-refractivity contribution in [1.82, 2.24) is 4.98 Å². The fraction of sp³-hybridized carbons (Fsp3) is 0.471. The van der Waals surface area contributed by atoms with Crippen LogP contribution in [0.4, 0.5) is 0 Å². The largest absolute Gasteiger partial charge is 0.396 e. The third-order valence-corrected chi connectivity index (χ3v) is 3.50. The van der Waals surface area contributed by atoms with Crippen molar-refractivity contribution in [3.63, 3.8) is 0 Å². The summed E-state index contributed by atoms with van der Waals surface area (Å²) in [6.45, 7) is 4.40. The molecule has 0 bridgehead atoms. The minimum atomic E-state index is -0.129. The molecule has 1 aromatic heterocycles. The summed E-state index contributed by atoms with van der Waals surface area (Å²) >= 11 is 0. The van der Waals surface area contributed by atoms with Gasteiger partial charge < -0.3 is 10.2 Å². The van der Waals surface area contributed by atoms with Crippen LogP contribution in [0.2, 0.25) is 0 Å². The van der Waals surface area contributed by atoms with Gasteiger partial charge in [0, 0.05) is 30.2 Å². The third-order valence-electron chi connectivity index (χ3n) is 3.50. The second-order valence-corrected chi connectivity index (χ2v) is 5.82. The molecule has 108 valence electrons. The molecule has 0 aliphatic carbocycles. The van der Waals surface area contributed by atoms with Gasteiger partial charge in [-0.15, -0.1) is 0 Å². The molecule has 0 spiro atoms. The number of aromatic nitrogens is 1. The molecular formula is C17H23NO2. The predicted octanol–water partition coefficient (Wildman–Crippen LogP) is 2.58. The van der Waals surface area contributed by atoms with E-state index in [1.165, 1.54) is 10.9 Å². The van der Waals surface area contributed by atoms with Gasteiger partial charge >= 0.3 is 0 Å². The highest BCUT2D eigenvalue weighted by Gasteiger charge is 2.12. The van der Waals surface area contributed by atoms with Crippen LogP contribution in [0.15, 0.2) is 30.3 Å². The van der Waals surface area contributed by atoms with Crippen LogP contribution in [-0.4, -0.2) is 28.4 Å². The van der Waals surface area contributed by atoms with Crippen molar-refractivity contribution in [3.05, 3.63) is 41.6 Å². The highest BCUT2D eigenvalue weighted by Crippen LogP contribution is 2.22. The van der Waals surface area contributed by atoms with Gasteiger partial charge in [-0.05, 0) is 36.5 Å². The zero-order valence-electron chi connectivity index (χ0n) is 12.2. The number of benzene rings is 1. The molecule has 2 N–H and O–H groups in total.